The molecule has 12 aromatic carbocycles. The lowest BCUT2D eigenvalue weighted by Gasteiger charge is -2.27. The summed E-state index contributed by atoms with van der Waals surface area (Å²) in [6.07, 6.45) is 0. The zero-order valence-electron chi connectivity index (χ0n) is 35.4. The Morgan fingerprint density at radius 3 is 1.21 bits per heavy atom. The Morgan fingerprint density at radius 1 is 0.258 bits per heavy atom. The highest BCUT2D eigenvalue weighted by atomic mass is 15.1. The van der Waals surface area contributed by atoms with Crippen LogP contribution in [0.15, 0.2) is 194 Å². The topological polar surface area (TPSA) is 6.48 Å². The van der Waals surface area contributed by atoms with Crippen molar-refractivity contribution < 1.29 is 0 Å². The Kier molecular flexibility index (Phi) is 8.14. The zero-order valence-corrected chi connectivity index (χ0v) is 35.4. The molecule has 0 amide bonds. The largest absolute Gasteiger partial charge is 0.310 e. The van der Waals surface area contributed by atoms with Crippen molar-refractivity contribution in [3.05, 3.63) is 216 Å². The SMILES string of the molecule is Cc1ccc(N(c2ccc(C)cc2)c2cc(-c3ccccc3)c3c(c2)c2cccc4cc5c6cc(N(c7ccc(C)cc7)c7ccc(C)cc7)cc7cccc(c76)c5c3c42)cc1. The van der Waals surface area contributed by atoms with E-state index in [-0.39, 0.29) is 0 Å². The van der Waals surface area contributed by atoms with Gasteiger partial charge in [-0.25, -0.2) is 0 Å². The minimum absolute atomic E-state index is 1.14. The fourth-order valence-electron chi connectivity index (χ4n) is 10.1. The Bertz CT molecular complexity index is 3530. The molecule has 0 radical (unpaired) electrons. The summed E-state index contributed by atoms with van der Waals surface area (Å²) >= 11 is 0. The molecule has 0 aromatic heterocycles. The van der Waals surface area contributed by atoms with Crippen LogP contribution >= 0.6 is 0 Å². The second-order valence-electron chi connectivity index (χ2n) is 17.3. The van der Waals surface area contributed by atoms with Crippen LogP contribution in [0.2, 0.25) is 0 Å². The Balaban J connectivity index is 1.19. The van der Waals surface area contributed by atoms with Crippen LogP contribution in [0.25, 0.3) is 75.8 Å². The zero-order chi connectivity index (χ0) is 41.6. The van der Waals surface area contributed by atoms with Gasteiger partial charge < -0.3 is 9.80 Å². The van der Waals surface area contributed by atoms with E-state index >= 15 is 0 Å². The molecule has 0 heterocycles. The predicted molar refractivity (Wildman–Crippen MR) is 268 cm³/mol. The van der Waals surface area contributed by atoms with Gasteiger partial charge in [-0.1, -0.05) is 138 Å². The maximum absolute atomic E-state index is 2.47. The average molecular weight is 793 g/mol. The summed E-state index contributed by atoms with van der Waals surface area (Å²) in [6, 6.07) is 72.7. The van der Waals surface area contributed by atoms with Gasteiger partial charge in [0.15, 0.2) is 0 Å². The lowest BCUT2D eigenvalue weighted by atomic mass is 9.95. The highest BCUT2D eigenvalue weighted by Gasteiger charge is 2.26. The second-order valence-corrected chi connectivity index (χ2v) is 17.3. The van der Waals surface area contributed by atoms with E-state index in [1.165, 1.54) is 98.0 Å². The molecule has 0 aliphatic carbocycles. The van der Waals surface area contributed by atoms with Crippen molar-refractivity contribution in [2.45, 2.75) is 27.7 Å². The van der Waals surface area contributed by atoms with Crippen molar-refractivity contribution in [3.8, 4) is 11.1 Å². The number of aryl methyl sites for hydroxylation is 4. The van der Waals surface area contributed by atoms with Gasteiger partial charge in [0.25, 0.3) is 0 Å². The first-order chi connectivity index (χ1) is 30.4. The molecule has 0 aliphatic rings. The molecule has 294 valence electrons. The van der Waals surface area contributed by atoms with Crippen LogP contribution in [0.4, 0.5) is 34.1 Å². The van der Waals surface area contributed by atoms with Crippen LogP contribution in [0.5, 0.6) is 0 Å². The van der Waals surface area contributed by atoms with Crippen LogP contribution in [0.1, 0.15) is 22.3 Å². The van der Waals surface area contributed by atoms with Crippen LogP contribution in [-0.2, 0) is 0 Å². The number of hydrogen-bond donors (Lipinski definition) is 0. The minimum atomic E-state index is 1.14. The monoisotopic (exact) mass is 792 g/mol. The third-order valence-corrected chi connectivity index (χ3v) is 13.1. The molecule has 0 unspecified atom stereocenters. The van der Waals surface area contributed by atoms with E-state index in [9.17, 15) is 0 Å². The number of rotatable bonds is 7. The number of nitrogens with zero attached hydrogens (tertiary/aromatic N) is 2. The molecule has 0 spiro atoms. The quantitative estimate of drug-likeness (QED) is 0.159. The Hall–Kier alpha value is -7.68. The molecule has 0 saturated carbocycles. The van der Waals surface area contributed by atoms with Crippen molar-refractivity contribution in [1.29, 1.82) is 0 Å². The van der Waals surface area contributed by atoms with Crippen molar-refractivity contribution >= 4 is 98.8 Å². The highest BCUT2D eigenvalue weighted by molar-refractivity contribution is 6.46. The second kappa shape index (κ2) is 13.9. The molecule has 0 fully saturated rings. The van der Waals surface area contributed by atoms with Gasteiger partial charge in [-0.15, -0.1) is 0 Å². The lowest BCUT2D eigenvalue weighted by Crippen LogP contribution is -2.10. The van der Waals surface area contributed by atoms with Gasteiger partial charge >= 0.3 is 0 Å². The molecule has 62 heavy (non-hydrogen) atoms. The van der Waals surface area contributed by atoms with Crippen LogP contribution in [0, 0.1) is 27.7 Å². The summed E-state index contributed by atoms with van der Waals surface area (Å²) in [5.41, 5.74) is 14.3. The van der Waals surface area contributed by atoms with Gasteiger partial charge in [0.1, 0.15) is 0 Å². The molecule has 2 nitrogen and oxygen atoms in total. The fourth-order valence-corrected chi connectivity index (χ4v) is 10.1. The van der Waals surface area contributed by atoms with E-state index in [0.29, 0.717) is 0 Å². The van der Waals surface area contributed by atoms with E-state index < -0.39 is 0 Å². The molecule has 0 saturated heterocycles. The van der Waals surface area contributed by atoms with Crippen molar-refractivity contribution in [2.75, 3.05) is 9.80 Å². The van der Waals surface area contributed by atoms with Crippen LogP contribution in [0.3, 0.4) is 0 Å². The van der Waals surface area contributed by atoms with E-state index in [1.807, 2.05) is 0 Å². The first-order valence-electron chi connectivity index (χ1n) is 21.7. The molecule has 0 bridgehead atoms. The summed E-state index contributed by atoms with van der Waals surface area (Å²) < 4.78 is 0. The maximum atomic E-state index is 2.47. The van der Waals surface area contributed by atoms with E-state index in [4.69, 9.17) is 0 Å². The van der Waals surface area contributed by atoms with Crippen LogP contribution in [-0.4, -0.2) is 0 Å². The summed E-state index contributed by atoms with van der Waals surface area (Å²) in [5, 5.41) is 15.6. The Labute approximate surface area is 362 Å². The average Bonchev–Trinajstić information content (AvgIpc) is 3.80. The fraction of sp³-hybridized carbons (Fsp3) is 0.0667. The normalized spacial score (nSPS) is 11.9. The molecule has 0 N–H and O–H groups in total. The number of anilines is 6. The van der Waals surface area contributed by atoms with E-state index in [2.05, 4.69) is 232 Å². The first-order valence-corrected chi connectivity index (χ1v) is 21.7. The van der Waals surface area contributed by atoms with Crippen molar-refractivity contribution in [3.63, 3.8) is 0 Å². The minimum Gasteiger partial charge on any atom is -0.310 e. The number of benzene rings is 10. The number of hydrogen-bond acceptors (Lipinski definition) is 2. The summed E-state index contributed by atoms with van der Waals surface area (Å²) in [7, 11) is 0. The van der Waals surface area contributed by atoms with Gasteiger partial charge in [-0.3, -0.25) is 0 Å². The van der Waals surface area contributed by atoms with E-state index in [0.717, 1.165) is 34.1 Å². The maximum Gasteiger partial charge on any atom is 0.0474 e. The molecule has 0 aliphatic heterocycles. The third kappa shape index (κ3) is 5.64. The van der Waals surface area contributed by atoms with Crippen LogP contribution < -0.4 is 9.80 Å². The summed E-state index contributed by atoms with van der Waals surface area (Å²) in [4.78, 5) is 4.83. The summed E-state index contributed by atoms with van der Waals surface area (Å²) in [5.74, 6) is 0. The molecular formula is C60H44N2. The van der Waals surface area contributed by atoms with E-state index in [1.54, 1.807) is 0 Å². The molecular weight excluding hydrogens is 749 g/mol. The van der Waals surface area contributed by atoms with Gasteiger partial charge in [-0.2, -0.15) is 0 Å². The predicted octanol–water partition coefficient (Wildman–Crippen LogP) is 17.3. The van der Waals surface area contributed by atoms with Gasteiger partial charge in [0, 0.05) is 34.1 Å². The summed E-state index contributed by atoms with van der Waals surface area (Å²) in [6.45, 7) is 8.62. The lowest BCUT2D eigenvalue weighted by molar-refractivity contribution is 1.27. The van der Waals surface area contributed by atoms with Crippen molar-refractivity contribution in [2.24, 2.45) is 0 Å². The Morgan fingerprint density at radius 2 is 0.694 bits per heavy atom. The standard InChI is InChI=1S/C60H44N2/c1-37-16-24-44(25-17-37)61(45-26-18-38(2)19-27-45)48-32-42-12-9-15-51-56(42)55(35-48)53-33-43-13-8-14-50-54-36-49(62(46-28-20-39(3)21-29-46)47-30-22-40(4)23-31-47)34-52(41-10-6-5-7-11-41)59(54)60(57(43)50)58(51)53/h5-36H,1-4H3. The third-order valence-electron chi connectivity index (χ3n) is 13.1. The molecule has 12 aromatic rings. The highest BCUT2D eigenvalue weighted by Crippen LogP contribution is 2.53. The molecule has 0 atom stereocenters. The van der Waals surface area contributed by atoms with Gasteiger partial charge in [0.05, 0.1) is 0 Å². The van der Waals surface area contributed by atoms with Gasteiger partial charge in [0.2, 0.25) is 0 Å². The first kappa shape index (κ1) is 36.2. The molecule has 12 rings (SSSR count). The van der Waals surface area contributed by atoms with Crippen molar-refractivity contribution in [1.82, 2.24) is 0 Å². The van der Waals surface area contributed by atoms with Gasteiger partial charge in [-0.05, 0) is 182 Å². The number of fused-ring (bicyclic) bond motifs is 7. The molecule has 2 heteroatoms. The smallest absolute Gasteiger partial charge is 0.0474 e.